The van der Waals surface area contributed by atoms with E-state index in [1.54, 1.807) is 30.3 Å². The molecule has 5 rings (SSSR count). The Morgan fingerprint density at radius 3 is 2.59 bits per heavy atom. The summed E-state index contributed by atoms with van der Waals surface area (Å²) in [6.45, 7) is 0. The fraction of sp³-hybridized carbons (Fsp3) is 0.0500. The molecule has 0 spiro atoms. The molecular weight excluding hydrogens is 374 g/mol. The topological polar surface area (TPSA) is 144 Å². The molecule has 2 aliphatic rings. The Hall–Kier alpha value is -4.27. The van der Waals surface area contributed by atoms with Crippen LogP contribution < -0.4 is 16.6 Å². The number of rotatable bonds is 2. The summed E-state index contributed by atoms with van der Waals surface area (Å²) in [6.07, 6.45) is 0. The number of hydrogen-bond donors (Lipinski definition) is 3. The number of fused-ring (bicyclic) bond motifs is 3. The Labute approximate surface area is 163 Å². The van der Waals surface area contributed by atoms with E-state index in [0.717, 1.165) is 0 Å². The number of nitrogen functional groups attached to an aromatic ring is 1. The second-order valence-electron chi connectivity index (χ2n) is 6.79. The van der Waals surface area contributed by atoms with Gasteiger partial charge in [-0.05, 0) is 5.56 Å². The van der Waals surface area contributed by atoms with Gasteiger partial charge < -0.3 is 11.1 Å². The molecule has 1 aliphatic heterocycles. The van der Waals surface area contributed by atoms with Gasteiger partial charge in [-0.25, -0.2) is 0 Å². The van der Waals surface area contributed by atoms with E-state index in [1.807, 2.05) is 0 Å². The van der Waals surface area contributed by atoms with Crippen LogP contribution in [0, 0.1) is 10.1 Å². The molecule has 0 saturated heterocycles. The lowest BCUT2D eigenvalue weighted by atomic mass is 9.81. The van der Waals surface area contributed by atoms with Crippen LogP contribution in [0.2, 0.25) is 0 Å². The van der Waals surface area contributed by atoms with Gasteiger partial charge in [0, 0.05) is 34.8 Å². The fourth-order valence-corrected chi connectivity index (χ4v) is 3.99. The number of ketones is 1. The van der Waals surface area contributed by atoms with Crippen molar-refractivity contribution < 1.29 is 9.72 Å². The minimum Gasteiger partial charge on any atom is -0.369 e. The van der Waals surface area contributed by atoms with Crippen LogP contribution in [0.4, 0.5) is 17.5 Å². The summed E-state index contributed by atoms with van der Waals surface area (Å²) in [4.78, 5) is 43.4. The molecule has 1 aliphatic carbocycles. The molecule has 0 bridgehead atoms. The van der Waals surface area contributed by atoms with Gasteiger partial charge in [0.25, 0.3) is 11.2 Å². The largest absolute Gasteiger partial charge is 0.369 e. The van der Waals surface area contributed by atoms with Crippen LogP contribution in [-0.4, -0.2) is 20.7 Å². The SMILES string of the molecule is Nc1nc2c(c(=O)[nH]1)C(c1cccc([N+](=O)[O-])c1)C1=C(N2)c2ccccc2C1=O. The quantitative estimate of drug-likeness (QED) is 0.452. The lowest BCUT2D eigenvalue weighted by Crippen LogP contribution is -2.28. The molecule has 0 amide bonds. The predicted molar refractivity (Wildman–Crippen MR) is 106 cm³/mol. The highest BCUT2D eigenvalue weighted by molar-refractivity contribution is 6.23. The van der Waals surface area contributed by atoms with Crippen LogP contribution in [0.1, 0.15) is 33.0 Å². The van der Waals surface area contributed by atoms with Crippen LogP contribution in [0.15, 0.2) is 58.9 Å². The Kier molecular flexibility index (Phi) is 3.41. The third-order valence-corrected chi connectivity index (χ3v) is 5.16. The first-order chi connectivity index (χ1) is 14.0. The summed E-state index contributed by atoms with van der Waals surface area (Å²) in [7, 11) is 0. The Morgan fingerprint density at radius 2 is 1.83 bits per heavy atom. The normalized spacial score (nSPS) is 16.7. The van der Waals surface area contributed by atoms with Gasteiger partial charge in [-0.3, -0.25) is 24.7 Å². The molecule has 142 valence electrons. The number of nitrogens with one attached hydrogen (secondary N) is 2. The molecule has 1 unspecified atom stereocenters. The molecule has 4 N–H and O–H groups in total. The monoisotopic (exact) mass is 387 g/mol. The Balaban J connectivity index is 1.82. The number of benzene rings is 2. The third kappa shape index (κ3) is 2.37. The lowest BCUT2D eigenvalue weighted by molar-refractivity contribution is -0.384. The van der Waals surface area contributed by atoms with Crippen molar-refractivity contribution in [2.75, 3.05) is 11.1 Å². The van der Waals surface area contributed by atoms with Crippen LogP contribution in [-0.2, 0) is 0 Å². The van der Waals surface area contributed by atoms with Gasteiger partial charge in [-0.1, -0.05) is 36.4 Å². The summed E-state index contributed by atoms with van der Waals surface area (Å²) in [5.41, 5.74) is 7.80. The summed E-state index contributed by atoms with van der Waals surface area (Å²) in [6, 6.07) is 13.0. The number of H-pyrrole nitrogens is 1. The number of aromatic amines is 1. The number of nitro groups is 1. The van der Waals surface area contributed by atoms with Crippen molar-refractivity contribution in [2.45, 2.75) is 5.92 Å². The molecule has 9 heteroatoms. The number of non-ortho nitro benzene ring substituents is 1. The highest BCUT2D eigenvalue weighted by Gasteiger charge is 2.42. The second kappa shape index (κ2) is 5.86. The van der Waals surface area contributed by atoms with E-state index in [9.17, 15) is 19.7 Å². The van der Waals surface area contributed by atoms with E-state index >= 15 is 0 Å². The summed E-state index contributed by atoms with van der Waals surface area (Å²) in [5, 5.41) is 14.4. The third-order valence-electron chi connectivity index (χ3n) is 5.16. The Bertz CT molecular complexity index is 1320. The average molecular weight is 387 g/mol. The van der Waals surface area contributed by atoms with E-state index in [4.69, 9.17) is 5.73 Å². The summed E-state index contributed by atoms with van der Waals surface area (Å²) < 4.78 is 0. The van der Waals surface area contributed by atoms with Crippen molar-refractivity contribution in [3.8, 4) is 0 Å². The molecular formula is C20H13N5O4. The smallest absolute Gasteiger partial charge is 0.269 e. The number of carbonyl (C=O) groups excluding carboxylic acids is 1. The number of nitrogens with two attached hydrogens (primary N) is 1. The summed E-state index contributed by atoms with van der Waals surface area (Å²) in [5.74, 6) is -0.897. The first kappa shape index (κ1) is 16.9. The van der Waals surface area contributed by atoms with Crippen molar-refractivity contribution in [1.82, 2.24) is 9.97 Å². The van der Waals surface area contributed by atoms with Crippen molar-refractivity contribution >= 4 is 28.9 Å². The standard InChI is InChI=1S/C20H13N5O4/c21-20-23-18-15(19(27)24-20)13(9-4-3-5-10(8-9)25(28)29)14-16(22-18)11-6-1-2-7-12(11)17(14)26/h1-8,13H,(H4,21,22,23,24,27). The maximum atomic E-state index is 13.2. The molecule has 0 saturated carbocycles. The van der Waals surface area contributed by atoms with E-state index in [1.165, 1.54) is 18.2 Å². The van der Waals surface area contributed by atoms with Gasteiger partial charge in [0.2, 0.25) is 5.95 Å². The highest BCUT2D eigenvalue weighted by atomic mass is 16.6. The van der Waals surface area contributed by atoms with E-state index in [-0.39, 0.29) is 28.8 Å². The lowest BCUT2D eigenvalue weighted by Gasteiger charge is -2.27. The van der Waals surface area contributed by atoms with Crippen molar-refractivity contribution in [2.24, 2.45) is 0 Å². The molecule has 3 aromatic rings. The first-order valence-electron chi connectivity index (χ1n) is 8.75. The minimum absolute atomic E-state index is 0.0688. The number of nitrogens with zero attached hydrogens (tertiary/aromatic N) is 2. The number of carbonyl (C=O) groups is 1. The van der Waals surface area contributed by atoms with Crippen LogP contribution in [0.25, 0.3) is 5.70 Å². The van der Waals surface area contributed by atoms with E-state index in [2.05, 4.69) is 15.3 Å². The number of hydrogen-bond acceptors (Lipinski definition) is 7. The molecule has 1 aromatic heterocycles. The van der Waals surface area contributed by atoms with Crippen LogP contribution in [0.5, 0.6) is 0 Å². The van der Waals surface area contributed by atoms with Crippen LogP contribution in [0.3, 0.4) is 0 Å². The maximum Gasteiger partial charge on any atom is 0.269 e. The average Bonchev–Trinajstić information content (AvgIpc) is 2.99. The van der Waals surface area contributed by atoms with Gasteiger partial charge in [-0.2, -0.15) is 4.98 Å². The molecule has 9 nitrogen and oxygen atoms in total. The second-order valence-corrected chi connectivity index (χ2v) is 6.79. The Morgan fingerprint density at radius 1 is 1.07 bits per heavy atom. The van der Waals surface area contributed by atoms with Gasteiger partial charge in [0.05, 0.1) is 16.2 Å². The van der Waals surface area contributed by atoms with Crippen LogP contribution >= 0.6 is 0 Å². The number of nitro benzene ring substituents is 1. The van der Waals surface area contributed by atoms with Gasteiger partial charge in [0.1, 0.15) is 5.82 Å². The first-order valence-corrected chi connectivity index (χ1v) is 8.75. The zero-order valence-corrected chi connectivity index (χ0v) is 14.8. The van der Waals surface area contributed by atoms with E-state index < -0.39 is 16.4 Å². The van der Waals surface area contributed by atoms with Crippen molar-refractivity contribution in [3.63, 3.8) is 0 Å². The highest BCUT2D eigenvalue weighted by Crippen LogP contribution is 2.47. The number of aromatic nitrogens is 2. The zero-order valence-electron chi connectivity index (χ0n) is 14.8. The molecule has 29 heavy (non-hydrogen) atoms. The number of allylic oxidation sites excluding steroid dienone is 1. The number of anilines is 2. The van der Waals surface area contributed by atoms with Gasteiger partial charge in [0.15, 0.2) is 5.78 Å². The molecule has 1 atom stereocenters. The van der Waals surface area contributed by atoms with Crippen molar-refractivity contribution in [3.05, 3.63) is 96.8 Å². The number of Topliss-reactive ketones (excluding diaryl/α,β-unsaturated/α-hetero) is 1. The van der Waals surface area contributed by atoms with Crippen molar-refractivity contribution in [1.29, 1.82) is 0 Å². The fourth-order valence-electron chi connectivity index (χ4n) is 3.99. The molecule has 0 radical (unpaired) electrons. The molecule has 2 aromatic carbocycles. The summed E-state index contributed by atoms with van der Waals surface area (Å²) >= 11 is 0. The van der Waals surface area contributed by atoms with Gasteiger partial charge >= 0.3 is 0 Å². The molecule has 2 heterocycles. The maximum absolute atomic E-state index is 13.2. The van der Waals surface area contributed by atoms with E-state index in [0.29, 0.717) is 28.0 Å². The minimum atomic E-state index is -0.821. The zero-order chi connectivity index (χ0) is 20.3. The van der Waals surface area contributed by atoms with Gasteiger partial charge in [-0.15, -0.1) is 0 Å². The molecule has 0 fully saturated rings. The predicted octanol–water partition coefficient (Wildman–Crippen LogP) is 2.43.